The number of carbonyl (C=O) groups is 1. The molecule has 0 bridgehead atoms. The Morgan fingerprint density at radius 3 is 1.79 bits per heavy atom. The molecule has 4 heteroatoms. The van der Waals surface area contributed by atoms with Crippen molar-refractivity contribution in [1.82, 2.24) is 4.90 Å². The Morgan fingerprint density at radius 1 is 0.765 bits per heavy atom. The summed E-state index contributed by atoms with van der Waals surface area (Å²) in [6.45, 7) is 1.30. The lowest BCUT2D eigenvalue weighted by molar-refractivity contribution is -0.130. The van der Waals surface area contributed by atoms with E-state index in [0.29, 0.717) is 12.0 Å². The van der Waals surface area contributed by atoms with Gasteiger partial charge in [-0.25, -0.2) is 0 Å². The van der Waals surface area contributed by atoms with Crippen LogP contribution in [0.25, 0.3) is 11.1 Å². The lowest BCUT2D eigenvalue weighted by Crippen LogP contribution is -2.31. The maximum Gasteiger partial charge on any atom is 0.224 e. The van der Waals surface area contributed by atoms with Gasteiger partial charge in [0.15, 0.2) is 0 Å². The largest absolute Gasteiger partial charge is 0.494 e. The van der Waals surface area contributed by atoms with Gasteiger partial charge in [0.05, 0.1) is 31.3 Å². The van der Waals surface area contributed by atoms with Crippen molar-refractivity contribution in [3.8, 4) is 47.6 Å². The van der Waals surface area contributed by atoms with Crippen LogP contribution < -0.4 is 4.74 Å². The zero-order valence-corrected chi connectivity index (χ0v) is 20.0. The highest BCUT2D eigenvalue weighted by Gasteiger charge is 2.10. The van der Waals surface area contributed by atoms with Gasteiger partial charge in [-0.1, -0.05) is 74.6 Å². The van der Waals surface area contributed by atoms with Crippen molar-refractivity contribution < 1.29 is 9.53 Å². The van der Waals surface area contributed by atoms with Crippen LogP contribution in [0.15, 0.2) is 48.5 Å². The maximum absolute atomic E-state index is 12.1. The normalized spacial score (nSPS) is 10.0. The highest BCUT2D eigenvalue weighted by Crippen LogP contribution is 2.23. The molecule has 4 nitrogen and oxygen atoms in total. The summed E-state index contributed by atoms with van der Waals surface area (Å²) in [5.41, 5.74) is 2.87. The number of ether oxygens (including phenoxy) is 1. The number of rotatable bonds is 15. The summed E-state index contributed by atoms with van der Waals surface area (Å²) in [6, 6.07) is 17.8. The van der Waals surface area contributed by atoms with Crippen LogP contribution in [0.5, 0.6) is 5.75 Å². The summed E-state index contributed by atoms with van der Waals surface area (Å²) in [7, 11) is 0. The molecule has 0 aromatic heterocycles. The molecule has 0 radical (unpaired) electrons. The number of unbranched alkanes of at least 4 members (excludes halogenated alkanes) is 7. The number of nitrogens with zero attached hydrogens (tertiary/aromatic N) is 2. The van der Waals surface area contributed by atoms with Crippen LogP contribution in [0.1, 0.15) is 63.4 Å². The number of carbonyl (C=O) groups excluding carboxylic acids is 1. The van der Waals surface area contributed by atoms with Crippen molar-refractivity contribution in [2.45, 2.75) is 57.8 Å². The van der Waals surface area contributed by atoms with Gasteiger partial charge in [0.25, 0.3) is 0 Å². The van der Waals surface area contributed by atoms with E-state index in [9.17, 15) is 4.79 Å². The van der Waals surface area contributed by atoms with Crippen LogP contribution in [0.4, 0.5) is 0 Å². The molecule has 176 valence electrons. The minimum absolute atomic E-state index is 0.0554. The molecule has 0 heterocycles. The number of nitriles is 1. The molecule has 1 amide bonds. The third-order valence-corrected chi connectivity index (χ3v) is 5.67. The molecular weight excluding hydrogens is 420 g/mol. The van der Waals surface area contributed by atoms with E-state index < -0.39 is 0 Å². The summed E-state index contributed by atoms with van der Waals surface area (Å²) in [5, 5.41) is 8.90. The second-order valence-electron chi connectivity index (χ2n) is 8.30. The maximum atomic E-state index is 12.1. The van der Waals surface area contributed by atoms with E-state index in [1.165, 1.54) is 19.3 Å². The SMILES string of the molecule is C#CCN(CC#C)C(=O)CCCCCCCCCCOc1ccc(-c2ccc(C#N)cc2)cc1. The van der Waals surface area contributed by atoms with Crippen LogP contribution >= 0.6 is 0 Å². The molecule has 0 fully saturated rings. The number of hydrogen-bond donors (Lipinski definition) is 0. The Morgan fingerprint density at radius 2 is 1.26 bits per heavy atom. The van der Waals surface area contributed by atoms with E-state index in [-0.39, 0.29) is 19.0 Å². The van der Waals surface area contributed by atoms with Crippen LogP contribution in [0.2, 0.25) is 0 Å². The number of amides is 1. The fourth-order valence-corrected chi connectivity index (χ4v) is 3.72. The van der Waals surface area contributed by atoms with Gasteiger partial charge in [0.1, 0.15) is 5.75 Å². The average molecular weight is 455 g/mol. The third kappa shape index (κ3) is 9.85. The first-order chi connectivity index (χ1) is 16.7. The first-order valence-corrected chi connectivity index (χ1v) is 12.1. The standard InChI is InChI=1S/C30H34N2O2/c1-3-22-32(23-4-2)30(33)13-11-9-7-5-6-8-10-12-24-34-29-20-18-28(19-21-29)27-16-14-26(25-31)15-17-27/h1-2,14-21H,5-13,22-24H2. The molecule has 0 atom stereocenters. The average Bonchev–Trinajstić information content (AvgIpc) is 2.87. The van der Waals surface area contributed by atoms with Crippen molar-refractivity contribution >= 4 is 5.91 Å². The summed E-state index contributed by atoms with van der Waals surface area (Å²) < 4.78 is 5.87. The van der Waals surface area contributed by atoms with Crippen LogP contribution in [-0.4, -0.2) is 30.5 Å². The Bertz CT molecular complexity index is 973. The van der Waals surface area contributed by atoms with Gasteiger partial charge >= 0.3 is 0 Å². The van der Waals surface area contributed by atoms with Crippen molar-refractivity contribution in [3.63, 3.8) is 0 Å². The summed E-state index contributed by atoms with van der Waals surface area (Å²) >= 11 is 0. The lowest BCUT2D eigenvalue weighted by Gasteiger charge is -2.17. The first-order valence-electron chi connectivity index (χ1n) is 12.1. The predicted octanol–water partition coefficient (Wildman–Crippen LogP) is 6.21. The number of benzene rings is 2. The molecule has 0 aliphatic carbocycles. The van der Waals surface area contributed by atoms with Gasteiger partial charge in [-0.15, -0.1) is 12.8 Å². The van der Waals surface area contributed by atoms with Crippen molar-refractivity contribution in [2.24, 2.45) is 0 Å². The van der Waals surface area contributed by atoms with Gasteiger partial charge in [-0.3, -0.25) is 4.79 Å². The number of terminal acetylenes is 2. The zero-order chi connectivity index (χ0) is 24.4. The fraction of sp³-hybridized carbons (Fsp3) is 0.400. The van der Waals surface area contributed by atoms with Gasteiger partial charge in [0, 0.05) is 6.42 Å². The molecule has 0 saturated heterocycles. The number of hydrogen-bond acceptors (Lipinski definition) is 3. The van der Waals surface area contributed by atoms with Crippen molar-refractivity contribution in [3.05, 3.63) is 54.1 Å². The fourth-order valence-electron chi connectivity index (χ4n) is 3.72. The van der Waals surface area contributed by atoms with E-state index in [2.05, 4.69) is 17.9 Å². The molecule has 0 N–H and O–H groups in total. The van der Waals surface area contributed by atoms with Crippen molar-refractivity contribution in [2.75, 3.05) is 19.7 Å². The smallest absolute Gasteiger partial charge is 0.224 e. The van der Waals surface area contributed by atoms with Crippen LogP contribution in [0, 0.1) is 36.0 Å². The van der Waals surface area contributed by atoms with Gasteiger partial charge in [-0.2, -0.15) is 5.26 Å². The third-order valence-electron chi connectivity index (χ3n) is 5.67. The monoisotopic (exact) mass is 454 g/mol. The molecular formula is C30H34N2O2. The summed E-state index contributed by atoms with van der Waals surface area (Å²) in [4.78, 5) is 13.6. The summed E-state index contributed by atoms with van der Waals surface area (Å²) in [5.74, 6) is 5.91. The molecule has 0 unspecified atom stereocenters. The van der Waals surface area contributed by atoms with Gasteiger partial charge < -0.3 is 9.64 Å². The Labute approximate surface area is 204 Å². The Kier molecular flexibility index (Phi) is 12.5. The molecule has 0 saturated carbocycles. The highest BCUT2D eigenvalue weighted by molar-refractivity contribution is 5.76. The summed E-state index contributed by atoms with van der Waals surface area (Å²) in [6.07, 6.45) is 20.0. The quantitative estimate of drug-likeness (QED) is 0.237. The van der Waals surface area contributed by atoms with Crippen molar-refractivity contribution in [1.29, 1.82) is 5.26 Å². The highest BCUT2D eigenvalue weighted by atomic mass is 16.5. The molecule has 2 aromatic rings. The predicted molar refractivity (Wildman–Crippen MR) is 138 cm³/mol. The molecule has 2 rings (SSSR count). The van der Waals surface area contributed by atoms with E-state index in [1.54, 1.807) is 4.90 Å². The van der Waals surface area contributed by atoms with Crippen LogP contribution in [-0.2, 0) is 4.79 Å². The van der Waals surface area contributed by atoms with E-state index in [1.807, 2.05) is 48.5 Å². The molecule has 2 aromatic carbocycles. The Balaban J connectivity index is 1.49. The Hall–Kier alpha value is -3.68. The van der Waals surface area contributed by atoms with Gasteiger partial charge in [0.2, 0.25) is 5.91 Å². The van der Waals surface area contributed by atoms with E-state index >= 15 is 0 Å². The van der Waals surface area contributed by atoms with E-state index in [4.69, 9.17) is 22.8 Å². The second kappa shape index (κ2) is 16.0. The minimum Gasteiger partial charge on any atom is -0.494 e. The van der Waals surface area contributed by atoms with Gasteiger partial charge in [-0.05, 0) is 48.2 Å². The molecule has 34 heavy (non-hydrogen) atoms. The second-order valence-corrected chi connectivity index (χ2v) is 8.30. The molecule has 0 spiro atoms. The molecule has 0 aliphatic rings. The van der Waals surface area contributed by atoms with E-state index in [0.717, 1.165) is 55.6 Å². The minimum atomic E-state index is 0.0554. The molecule has 0 aliphatic heterocycles. The van der Waals surface area contributed by atoms with Crippen LogP contribution in [0.3, 0.4) is 0 Å². The first kappa shape index (κ1) is 26.6. The lowest BCUT2D eigenvalue weighted by atomic mass is 10.0. The topological polar surface area (TPSA) is 53.3 Å². The zero-order valence-electron chi connectivity index (χ0n) is 20.0.